The molecule has 1 nitrogen and oxygen atoms in total. The second-order valence-corrected chi connectivity index (χ2v) is 7.67. The standard InChI is InChI=1S/C23H47FO.C2H6/c1-2-3-19-22-25-23-20-17-15-13-11-9-7-5-4-6-8-10-12-14-16-18-21-24;1-2/h2-23H2,1H3;1-2H3. The Balaban J connectivity index is 0. The van der Waals surface area contributed by atoms with Crippen LogP contribution in [0.15, 0.2) is 0 Å². The number of hydrogen-bond acceptors (Lipinski definition) is 1. The SMILES string of the molecule is CC.CCCCCOCCCCCCCCCCCCCCCCCCF. The maximum Gasteiger partial charge on any atom is 0.0894 e. The maximum atomic E-state index is 11.9. The van der Waals surface area contributed by atoms with E-state index in [1.807, 2.05) is 13.8 Å². The second kappa shape index (κ2) is 30.6. The summed E-state index contributed by atoms with van der Waals surface area (Å²) in [5, 5.41) is 0. The summed E-state index contributed by atoms with van der Waals surface area (Å²) in [6.07, 6.45) is 24.9. The van der Waals surface area contributed by atoms with Gasteiger partial charge in [0.25, 0.3) is 0 Å². The molecule has 0 saturated heterocycles. The highest BCUT2D eigenvalue weighted by atomic mass is 19.1. The monoisotopic (exact) mass is 388 g/mol. The van der Waals surface area contributed by atoms with Crippen LogP contribution in [0.5, 0.6) is 0 Å². The first-order chi connectivity index (χ1) is 13.4. The van der Waals surface area contributed by atoms with Crippen molar-refractivity contribution < 1.29 is 9.13 Å². The second-order valence-electron chi connectivity index (χ2n) is 7.67. The number of unbranched alkanes of at least 4 members (excludes halogenated alkanes) is 17. The molecule has 0 aliphatic rings. The van der Waals surface area contributed by atoms with Gasteiger partial charge in [0.2, 0.25) is 0 Å². The molecule has 27 heavy (non-hydrogen) atoms. The summed E-state index contributed by atoms with van der Waals surface area (Å²) in [5.74, 6) is 0. The predicted octanol–water partition coefficient (Wildman–Crippen LogP) is 9.43. The Bertz CT molecular complexity index is 198. The highest BCUT2D eigenvalue weighted by Gasteiger charge is 1.95. The lowest BCUT2D eigenvalue weighted by Gasteiger charge is -2.04. The first kappa shape index (κ1) is 29.1. The van der Waals surface area contributed by atoms with Crippen molar-refractivity contribution in [3.63, 3.8) is 0 Å². The van der Waals surface area contributed by atoms with Gasteiger partial charge in [-0.05, 0) is 19.3 Å². The van der Waals surface area contributed by atoms with Crippen molar-refractivity contribution in [2.24, 2.45) is 0 Å². The van der Waals surface area contributed by atoms with E-state index < -0.39 is 0 Å². The van der Waals surface area contributed by atoms with Crippen LogP contribution in [0.25, 0.3) is 0 Å². The van der Waals surface area contributed by atoms with Crippen molar-refractivity contribution in [1.82, 2.24) is 0 Å². The van der Waals surface area contributed by atoms with Gasteiger partial charge in [0.1, 0.15) is 0 Å². The average molecular weight is 389 g/mol. The van der Waals surface area contributed by atoms with Crippen LogP contribution in [0.1, 0.15) is 143 Å². The van der Waals surface area contributed by atoms with Gasteiger partial charge < -0.3 is 4.74 Å². The molecule has 0 N–H and O–H groups in total. The fourth-order valence-corrected chi connectivity index (χ4v) is 3.33. The molecule has 0 bridgehead atoms. The van der Waals surface area contributed by atoms with Gasteiger partial charge in [0.05, 0.1) is 6.67 Å². The summed E-state index contributed by atoms with van der Waals surface area (Å²) < 4.78 is 17.6. The Morgan fingerprint density at radius 2 is 0.741 bits per heavy atom. The summed E-state index contributed by atoms with van der Waals surface area (Å²) in [6, 6.07) is 0. The van der Waals surface area contributed by atoms with Crippen molar-refractivity contribution in [1.29, 1.82) is 0 Å². The summed E-state index contributed by atoms with van der Waals surface area (Å²) in [6.45, 7) is 8.04. The zero-order valence-electron chi connectivity index (χ0n) is 19.3. The molecule has 0 aliphatic heterocycles. The summed E-state index contributed by atoms with van der Waals surface area (Å²) in [4.78, 5) is 0. The van der Waals surface area contributed by atoms with Crippen LogP contribution in [0.4, 0.5) is 4.39 Å². The summed E-state index contributed by atoms with van der Waals surface area (Å²) in [7, 11) is 0. The van der Waals surface area contributed by atoms with Gasteiger partial charge >= 0.3 is 0 Å². The van der Waals surface area contributed by atoms with Crippen molar-refractivity contribution in [2.75, 3.05) is 19.9 Å². The Morgan fingerprint density at radius 1 is 0.444 bits per heavy atom. The van der Waals surface area contributed by atoms with Crippen LogP contribution in [0.2, 0.25) is 0 Å². The minimum atomic E-state index is -0.131. The lowest BCUT2D eigenvalue weighted by Crippen LogP contribution is -1.96. The van der Waals surface area contributed by atoms with Gasteiger partial charge in [-0.3, -0.25) is 4.39 Å². The van der Waals surface area contributed by atoms with E-state index in [0.717, 1.165) is 26.1 Å². The smallest absolute Gasteiger partial charge is 0.0894 e. The molecule has 0 aliphatic carbocycles. The third-order valence-corrected chi connectivity index (χ3v) is 5.06. The van der Waals surface area contributed by atoms with Gasteiger partial charge in [-0.1, -0.05) is 124 Å². The van der Waals surface area contributed by atoms with E-state index in [-0.39, 0.29) is 6.67 Å². The van der Waals surface area contributed by atoms with Crippen LogP contribution in [-0.4, -0.2) is 19.9 Å². The molecule has 0 aromatic heterocycles. The van der Waals surface area contributed by atoms with E-state index >= 15 is 0 Å². The third-order valence-electron chi connectivity index (χ3n) is 5.06. The maximum absolute atomic E-state index is 11.9. The number of hydrogen-bond donors (Lipinski definition) is 0. The molecule has 0 atom stereocenters. The van der Waals surface area contributed by atoms with Gasteiger partial charge in [0, 0.05) is 13.2 Å². The zero-order chi connectivity index (χ0) is 20.3. The molecule has 0 fully saturated rings. The molecule has 2 heteroatoms. The van der Waals surface area contributed by atoms with Crippen molar-refractivity contribution in [3.8, 4) is 0 Å². The van der Waals surface area contributed by atoms with Gasteiger partial charge in [0.15, 0.2) is 0 Å². The molecule has 0 unspecified atom stereocenters. The van der Waals surface area contributed by atoms with E-state index in [2.05, 4.69) is 6.92 Å². The molecule has 0 rings (SSSR count). The third kappa shape index (κ3) is 30.8. The molecule has 0 radical (unpaired) electrons. The Morgan fingerprint density at radius 3 is 1.07 bits per heavy atom. The van der Waals surface area contributed by atoms with Crippen LogP contribution in [0.3, 0.4) is 0 Å². The summed E-state index contributed by atoms with van der Waals surface area (Å²) in [5.41, 5.74) is 0. The Kier molecular flexibility index (Phi) is 33.0. The number of alkyl halides is 1. The van der Waals surface area contributed by atoms with Crippen LogP contribution in [-0.2, 0) is 4.74 Å². The van der Waals surface area contributed by atoms with Crippen molar-refractivity contribution in [2.45, 2.75) is 143 Å². The molecule has 0 amide bonds. The normalized spacial score (nSPS) is 10.7. The number of ether oxygens (including phenoxy) is 1. The molecule has 0 saturated carbocycles. The van der Waals surface area contributed by atoms with E-state index in [0.29, 0.717) is 0 Å². The van der Waals surface area contributed by atoms with Crippen LogP contribution < -0.4 is 0 Å². The minimum Gasteiger partial charge on any atom is -0.381 e. The highest BCUT2D eigenvalue weighted by Crippen LogP contribution is 2.13. The lowest BCUT2D eigenvalue weighted by molar-refractivity contribution is 0.126. The zero-order valence-corrected chi connectivity index (χ0v) is 19.3. The summed E-state index contributed by atoms with van der Waals surface area (Å²) >= 11 is 0. The number of rotatable bonds is 22. The molecule has 0 heterocycles. The molecule has 0 spiro atoms. The Labute approximate surface area is 172 Å². The fraction of sp³-hybridized carbons (Fsp3) is 1.00. The molecular formula is C25H53FO. The minimum absolute atomic E-state index is 0.131. The quantitative estimate of drug-likeness (QED) is 0.168. The molecule has 0 aromatic carbocycles. The van der Waals surface area contributed by atoms with E-state index in [1.54, 1.807) is 0 Å². The fourth-order valence-electron chi connectivity index (χ4n) is 3.33. The van der Waals surface area contributed by atoms with E-state index in [1.165, 1.54) is 109 Å². The Hall–Kier alpha value is -0.110. The van der Waals surface area contributed by atoms with E-state index in [9.17, 15) is 4.39 Å². The average Bonchev–Trinajstić information content (AvgIpc) is 2.70. The van der Waals surface area contributed by atoms with Crippen molar-refractivity contribution >= 4 is 0 Å². The first-order valence-electron chi connectivity index (χ1n) is 12.6. The predicted molar refractivity (Wildman–Crippen MR) is 122 cm³/mol. The van der Waals surface area contributed by atoms with Crippen LogP contribution in [0, 0.1) is 0 Å². The first-order valence-corrected chi connectivity index (χ1v) is 12.6. The van der Waals surface area contributed by atoms with Gasteiger partial charge in [-0.25, -0.2) is 0 Å². The molecular weight excluding hydrogens is 335 g/mol. The number of halogens is 1. The topological polar surface area (TPSA) is 9.23 Å². The van der Waals surface area contributed by atoms with Gasteiger partial charge in [-0.2, -0.15) is 0 Å². The lowest BCUT2D eigenvalue weighted by atomic mass is 10.0. The van der Waals surface area contributed by atoms with Gasteiger partial charge in [-0.15, -0.1) is 0 Å². The molecule has 166 valence electrons. The van der Waals surface area contributed by atoms with E-state index in [4.69, 9.17) is 4.74 Å². The van der Waals surface area contributed by atoms with Crippen molar-refractivity contribution in [3.05, 3.63) is 0 Å². The molecule has 0 aromatic rings. The van der Waals surface area contributed by atoms with Crippen LogP contribution >= 0.6 is 0 Å². The largest absolute Gasteiger partial charge is 0.381 e. The highest BCUT2D eigenvalue weighted by molar-refractivity contribution is 4.50.